The second-order valence-corrected chi connectivity index (χ2v) is 14.9. The molecular formula is C28H44O4Si. The summed E-state index contributed by atoms with van der Waals surface area (Å²) in [5.41, 5.74) is -1.81. The van der Waals surface area contributed by atoms with Gasteiger partial charge in [0.05, 0.1) is 6.10 Å². The van der Waals surface area contributed by atoms with Crippen LogP contribution in [0.4, 0.5) is 0 Å². The van der Waals surface area contributed by atoms with E-state index in [1.807, 2.05) is 67.6 Å². The first-order valence-corrected chi connectivity index (χ1v) is 14.3. The van der Waals surface area contributed by atoms with Crippen molar-refractivity contribution in [3.8, 4) is 0 Å². The van der Waals surface area contributed by atoms with Crippen LogP contribution in [-0.2, 0) is 4.43 Å². The Morgan fingerprint density at radius 2 is 1.30 bits per heavy atom. The van der Waals surface area contributed by atoms with Crippen LogP contribution in [0.15, 0.2) is 60.7 Å². The highest BCUT2D eigenvalue weighted by Gasteiger charge is 2.54. The van der Waals surface area contributed by atoms with Gasteiger partial charge in [0.25, 0.3) is 8.32 Å². The van der Waals surface area contributed by atoms with Gasteiger partial charge in [0, 0.05) is 0 Å². The van der Waals surface area contributed by atoms with Gasteiger partial charge in [-0.05, 0) is 34.7 Å². The third-order valence-corrected chi connectivity index (χ3v) is 11.8. The maximum Gasteiger partial charge on any atom is 0.264 e. The average Bonchev–Trinajstić information content (AvgIpc) is 2.79. The number of aliphatic hydroxyl groups excluding tert-OH is 2. The van der Waals surface area contributed by atoms with Gasteiger partial charge in [0.2, 0.25) is 0 Å². The topological polar surface area (TPSA) is 69.9 Å². The highest BCUT2D eigenvalue weighted by atomic mass is 28.4. The maximum absolute atomic E-state index is 11.3. The van der Waals surface area contributed by atoms with Gasteiger partial charge >= 0.3 is 0 Å². The van der Waals surface area contributed by atoms with E-state index in [0.717, 1.165) is 36.1 Å². The fourth-order valence-electron chi connectivity index (χ4n) is 4.75. The lowest BCUT2D eigenvalue weighted by Gasteiger charge is -2.47. The third kappa shape index (κ3) is 6.34. The summed E-state index contributed by atoms with van der Waals surface area (Å²) >= 11 is 0. The van der Waals surface area contributed by atoms with Crippen molar-refractivity contribution < 1.29 is 19.7 Å². The van der Waals surface area contributed by atoms with Crippen LogP contribution in [0.3, 0.4) is 0 Å². The van der Waals surface area contributed by atoms with Gasteiger partial charge < -0.3 is 19.7 Å². The summed E-state index contributed by atoms with van der Waals surface area (Å²) in [5.74, 6) is -0.158. The Hall–Kier alpha value is -1.50. The fraction of sp³-hybridized carbons (Fsp3) is 0.571. The summed E-state index contributed by atoms with van der Waals surface area (Å²) < 4.78 is 6.64. The lowest BCUT2D eigenvalue weighted by molar-refractivity contribution is -0.216. The molecular weight excluding hydrogens is 428 g/mol. The van der Waals surface area contributed by atoms with E-state index in [0.29, 0.717) is 0 Å². The molecule has 4 atom stereocenters. The molecule has 4 nitrogen and oxygen atoms in total. The minimum atomic E-state index is -3.06. The molecule has 0 amide bonds. The molecule has 0 bridgehead atoms. The quantitative estimate of drug-likeness (QED) is 0.240. The van der Waals surface area contributed by atoms with Crippen molar-refractivity contribution in [2.45, 2.75) is 96.7 Å². The molecule has 0 radical (unpaired) electrons. The SMILES string of the molecule is CCCCCCC(C)C(O)C(C)(O)C(O)O[Si](c1ccccc1)(c1ccccc1)C(C)(C)C. The summed E-state index contributed by atoms with van der Waals surface area (Å²) in [6.07, 6.45) is 2.57. The number of aliphatic hydroxyl groups is 3. The van der Waals surface area contributed by atoms with Crippen LogP contribution >= 0.6 is 0 Å². The summed E-state index contributed by atoms with van der Waals surface area (Å²) in [6.45, 7) is 11.9. The predicted octanol–water partition coefficient (Wildman–Crippen LogP) is 4.60. The van der Waals surface area contributed by atoms with Crippen LogP contribution in [0.1, 0.15) is 73.6 Å². The Balaban J connectivity index is 2.41. The second kappa shape index (κ2) is 11.8. The summed E-state index contributed by atoms with van der Waals surface area (Å²) in [7, 11) is -3.06. The van der Waals surface area contributed by atoms with Crippen molar-refractivity contribution in [3.63, 3.8) is 0 Å². The van der Waals surface area contributed by atoms with Gasteiger partial charge in [0.15, 0.2) is 6.29 Å². The van der Waals surface area contributed by atoms with E-state index in [1.54, 1.807) is 0 Å². The summed E-state index contributed by atoms with van der Waals surface area (Å²) in [5, 5.41) is 35.4. The van der Waals surface area contributed by atoms with Crippen LogP contribution in [0.5, 0.6) is 0 Å². The van der Waals surface area contributed by atoms with Crippen LogP contribution in [0.2, 0.25) is 5.04 Å². The molecule has 0 aliphatic heterocycles. The molecule has 184 valence electrons. The number of hydrogen-bond acceptors (Lipinski definition) is 4. The lowest BCUT2D eigenvalue weighted by atomic mass is 9.86. The molecule has 2 rings (SSSR count). The highest BCUT2D eigenvalue weighted by Crippen LogP contribution is 2.39. The Morgan fingerprint density at radius 1 is 0.818 bits per heavy atom. The van der Waals surface area contributed by atoms with E-state index >= 15 is 0 Å². The first kappa shape index (κ1) is 27.7. The number of rotatable bonds is 12. The summed E-state index contributed by atoms with van der Waals surface area (Å²) in [4.78, 5) is 0. The molecule has 4 unspecified atom stereocenters. The highest BCUT2D eigenvalue weighted by molar-refractivity contribution is 6.99. The van der Waals surface area contributed by atoms with Crippen molar-refractivity contribution in [2.75, 3.05) is 0 Å². The average molecular weight is 473 g/mol. The minimum Gasteiger partial charge on any atom is -0.390 e. The Bertz CT molecular complexity index is 777. The van der Waals surface area contributed by atoms with Crippen LogP contribution < -0.4 is 10.4 Å². The normalized spacial score (nSPS) is 17.2. The van der Waals surface area contributed by atoms with E-state index in [4.69, 9.17) is 4.43 Å². The predicted molar refractivity (Wildman–Crippen MR) is 139 cm³/mol. The van der Waals surface area contributed by atoms with Crippen molar-refractivity contribution in [3.05, 3.63) is 60.7 Å². The van der Waals surface area contributed by atoms with Crippen molar-refractivity contribution in [2.24, 2.45) is 5.92 Å². The monoisotopic (exact) mass is 472 g/mol. The molecule has 0 aliphatic carbocycles. The first-order valence-electron chi connectivity index (χ1n) is 12.4. The number of unbranched alkanes of at least 4 members (excludes halogenated alkanes) is 3. The third-order valence-electron chi connectivity index (χ3n) is 6.86. The largest absolute Gasteiger partial charge is 0.390 e. The van der Waals surface area contributed by atoms with Crippen LogP contribution in [0.25, 0.3) is 0 Å². The van der Waals surface area contributed by atoms with Gasteiger partial charge in [-0.25, -0.2) is 0 Å². The first-order chi connectivity index (χ1) is 15.5. The number of hydrogen-bond donors (Lipinski definition) is 3. The van der Waals surface area contributed by atoms with E-state index in [2.05, 4.69) is 27.7 Å². The van der Waals surface area contributed by atoms with Gasteiger partial charge in [-0.2, -0.15) is 0 Å². The van der Waals surface area contributed by atoms with Crippen molar-refractivity contribution in [1.82, 2.24) is 0 Å². The molecule has 5 heteroatoms. The molecule has 2 aromatic rings. The molecule has 0 fully saturated rings. The molecule has 0 heterocycles. The zero-order valence-corrected chi connectivity index (χ0v) is 22.3. The van der Waals surface area contributed by atoms with E-state index < -0.39 is 26.3 Å². The molecule has 33 heavy (non-hydrogen) atoms. The molecule has 0 saturated heterocycles. The molecule has 0 aliphatic rings. The van der Waals surface area contributed by atoms with Crippen molar-refractivity contribution in [1.29, 1.82) is 0 Å². The van der Waals surface area contributed by atoms with E-state index in [-0.39, 0.29) is 11.0 Å². The zero-order chi connectivity index (χ0) is 24.7. The van der Waals surface area contributed by atoms with E-state index in [1.165, 1.54) is 13.3 Å². The Labute approximate surface area is 201 Å². The van der Waals surface area contributed by atoms with Gasteiger partial charge in [-0.3, -0.25) is 0 Å². The van der Waals surface area contributed by atoms with Gasteiger partial charge in [-0.15, -0.1) is 0 Å². The molecule has 0 saturated carbocycles. The van der Waals surface area contributed by atoms with Gasteiger partial charge in [0.1, 0.15) is 5.60 Å². The fourth-order valence-corrected chi connectivity index (χ4v) is 9.34. The molecule has 3 N–H and O–H groups in total. The minimum absolute atomic E-state index is 0.158. The molecule has 0 aromatic heterocycles. The lowest BCUT2D eigenvalue weighted by Crippen LogP contribution is -2.70. The molecule has 2 aromatic carbocycles. The zero-order valence-electron chi connectivity index (χ0n) is 21.3. The maximum atomic E-state index is 11.3. The summed E-state index contributed by atoms with van der Waals surface area (Å²) in [6, 6.07) is 20.0. The number of benzene rings is 2. The van der Waals surface area contributed by atoms with E-state index in [9.17, 15) is 15.3 Å². The standard InChI is InChI=1S/C28H44O4Si/c1-7-8-9-12-17-22(2)25(29)28(6,31)26(30)32-33(27(3,4)5,23-18-13-10-14-19-23)24-20-15-11-16-21-24/h10-11,13-16,18-22,25-26,29-31H,7-9,12,17H2,1-6H3. The molecule has 0 spiro atoms. The van der Waals surface area contributed by atoms with Crippen LogP contribution in [-0.4, -0.2) is 41.6 Å². The van der Waals surface area contributed by atoms with Gasteiger partial charge in [-0.1, -0.05) is 121 Å². The second-order valence-electron chi connectivity index (χ2n) is 10.6. The Kier molecular flexibility index (Phi) is 9.89. The van der Waals surface area contributed by atoms with Crippen molar-refractivity contribution >= 4 is 18.7 Å². The Morgan fingerprint density at radius 3 is 1.73 bits per heavy atom. The smallest absolute Gasteiger partial charge is 0.264 e. The van der Waals surface area contributed by atoms with Crippen LogP contribution in [0, 0.1) is 5.92 Å².